The quantitative estimate of drug-likeness (QED) is 0.449. The molecule has 10 heteroatoms. The van der Waals surface area contributed by atoms with Crippen molar-refractivity contribution in [3.05, 3.63) is 63.4 Å². The van der Waals surface area contributed by atoms with Gasteiger partial charge in [0.1, 0.15) is 15.9 Å². The fourth-order valence-electron chi connectivity index (χ4n) is 4.31. The smallest absolute Gasteiger partial charge is 0.252 e. The Morgan fingerprint density at radius 3 is 2.82 bits per heavy atom. The van der Waals surface area contributed by atoms with Gasteiger partial charge in [0.25, 0.3) is 5.56 Å². The van der Waals surface area contributed by atoms with Crippen LogP contribution in [0.25, 0.3) is 21.9 Å². The lowest BCUT2D eigenvalue weighted by Crippen LogP contribution is -2.38. The minimum absolute atomic E-state index is 0.0608. The lowest BCUT2D eigenvalue weighted by Gasteiger charge is -2.25. The van der Waals surface area contributed by atoms with Gasteiger partial charge in [0, 0.05) is 30.8 Å². The molecular formula is C23H24N4O4S2. The summed E-state index contributed by atoms with van der Waals surface area (Å²) < 4.78 is 43.5. The second-order valence-electron chi connectivity index (χ2n) is 8.49. The van der Waals surface area contributed by atoms with Gasteiger partial charge in [0.15, 0.2) is 0 Å². The maximum absolute atomic E-state index is 14.0. The van der Waals surface area contributed by atoms with Gasteiger partial charge in [-0.2, -0.15) is 13.1 Å². The molecule has 0 spiro atoms. The fourth-order valence-corrected chi connectivity index (χ4v) is 6.71. The van der Waals surface area contributed by atoms with Crippen molar-refractivity contribution < 1.29 is 13.2 Å². The van der Waals surface area contributed by atoms with Gasteiger partial charge in [0.05, 0.1) is 17.8 Å². The van der Waals surface area contributed by atoms with Gasteiger partial charge >= 0.3 is 0 Å². The molecule has 0 bridgehead atoms. The normalized spacial score (nSPS) is 16.9. The van der Waals surface area contributed by atoms with Crippen molar-refractivity contribution in [1.82, 2.24) is 18.0 Å². The summed E-state index contributed by atoms with van der Waals surface area (Å²) in [6.45, 7) is 4.42. The summed E-state index contributed by atoms with van der Waals surface area (Å²) in [5.41, 5.74) is 3.34. The van der Waals surface area contributed by atoms with Crippen molar-refractivity contribution in [1.29, 1.82) is 0 Å². The van der Waals surface area contributed by atoms with Gasteiger partial charge in [-0.25, -0.2) is 8.42 Å². The van der Waals surface area contributed by atoms with Crippen molar-refractivity contribution in [2.45, 2.75) is 44.2 Å². The molecule has 0 aliphatic carbocycles. The van der Waals surface area contributed by atoms with E-state index in [0.717, 1.165) is 41.0 Å². The lowest BCUT2D eigenvalue weighted by atomic mass is 10.1. The number of nitrogens with one attached hydrogen (secondary N) is 1. The third-order valence-electron chi connectivity index (χ3n) is 6.03. The van der Waals surface area contributed by atoms with E-state index in [9.17, 15) is 13.2 Å². The number of aromatic nitrogens is 3. The van der Waals surface area contributed by atoms with Crippen molar-refractivity contribution in [2.75, 3.05) is 13.2 Å². The van der Waals surface area contributed by atoms with E-state index in [1.807, 2.05) is 25.1 Å². The van der Waals surface area contributed by atoms with E-state index in [0.29, 0.717) is 28.8 Å². The number of aryl methyl sites for hydroxylation is 2. The average Bonchev–Trinajstić information content (AvgIpc) is 3.45. The molecule has 0 unspecified atom stereocenters. The van der Waals surface area contributed by atoms with Crippen LogP contribution in [-0.2, 0) is 21.3 Å². The van der Waals surface area contributed by atoms with Crippen LogP contribution in [0.2, 0.25) is 0 Å². The molecule has 172 valence electrons. The van der Waals surface area contributed by atoms with Crippen LogP contribution < -0.4 is 5.56 Å². The molecule has 8 nitrogen and oxygen atoms in total. The van der Waals surface area contributed by atoms with Crippen LogP contribution in [0.5, 0.6) is 0 Å². The number of nitrogens with zero attached hydrogens (tertiary/aromatic N) is 3. The number of aromatic amines is 1. The molecule has 1 fully saturated rings. The first-order valence-electron chi connectivity index (χ1n) is 10.8. The summed E-state index contributed by atoms with van der Waals surface area (Å²) in [6.07, 6.45) is 1.45. The molecule has 4 aromatic rings. The summed E-state index contributed by atoms with van der Waals surface area (Å²) >= 11 is 0.983. The molecular weight excluding hydrogens is 460 g/mol. The summed E-state index contributed by atoms with van der Waals surface area (Å²) in [7, 11) is -3.99. The van der Waals surface area contributed by atoms with E-state index in [1.54, 1.807) is 25.1 Å². The molecule has 33 heavy (non-hydrogen) atoms. The van der Waals surface area contributed by atoms with Crippen molar-refractivity contribution in [2.24, 2.45) is 0 Å². The third-order valence-corrected chi connectivity index (χ3v) is 8.56. The first kappa shape index (κ1) is 22.1. The number of sulfonamides is 1. The predicted octanol–water partition coefficient (Wildman–Crippen LogP) is 3.52. The standard InChI is InChI=1S/C23H24N4O4S2/c1-14-5-7-16-11-17(23(28)24-20(16)10-14)12-27(13-18-4-3-9-31-18)33(29,30)22-15(2)6-8-19-21(22)26-32-25-19/h5-8,10-11,18H,3-4,9,12-13H2,1-2H3,(H,24,28)/t18-/m0/s1. The monoisotopic (exact) mass is 484 g/mol. The Hall–Kier alpha value is -2.66. The SMILES string of the molecule is Cc1ccc2cc(CN(C[C@@H]3CCCO3)S(=O)(=O)c3c(C)ccc4nsnc34)c(=O)[nH]c2c1. The minimum Gasteiger partial charge on any atom is -0.377 e. The first-order chi connectivity index (χ1) is 15.8. The number of rotatable bonds is 6. The number of hydrogen-bond donors (Lipinski definition) is 1. The zero-order valence-corrected chi connectivity index (χ0v) is 20.0. The molecule has 0 radical (unpaired) electrons. The molecule has 1 saturated heterocycles. The summed E-state index contributed by atoms with van der Waals surface area (Å²) in [5.74, 6) is 0. The van der Waals surface area contributed by atoms with Crippen LogP contribution in [0.4, 0.5) is 0 Å². The summed E-state index contributed by atoms with van der Waals surface area (Å²) in [4.78, 5) is 15.9. The van der Waals surface area contributed by atoms with Crippen LogP contribution in [0, 0.1) is 13.8 Å². The zero-order chi connectivity index (χ0) is 23.2. The van der Waals surface area contributed by atoms with Gasteiger partial charge < -0.3 is 9.72 Å². The number of H-pyrrole nitrogens is 1. The Labute approximate surface area is 195 Å². The number of benzene rings is 2. The van der Waals surface area contributed by atoms with Gasteiger partial charge in [0.2, 0.25) is 10.0 Å². The maximum atomic E-state index is 14.0. The Morgan fingerprint density at radius 2 is 2.03 bits per heavy atom. The van der Waals surface area contributed by atoms with Crippen molar-refractivity contribution in [3.8, 4) is 0 Å². The number of fused-ring (bicyclic) bond motifs is 2. The minimum atomic E-state index is -3.99. The molecule has 1 atom stereocenters. The van der Waals surface area contributed by atoms with Crippen LogP contribution in [-0.4, -0.2) is 45.7 Å². The van der Waals surface area contributed by atoms with E-state index in [-0.39, 0.29) is 29.6 Å². The fraction of sp³-hybridized carbons (Fsp3) is 0.348. The van der Waals surface area contributed by atoms with Gasteiger partial charge in [-0.3, -0.25) is 4.79 Å². The highest BCUT2D eigenvalue weighted by atomic mass is 32.2. The Bertz CT molecular complexity index is 1500. The highest BCUT2D eigenvalue weighted by Gasteiger charge is 2.33. The molecule has 3 heterocycles. The van der Waals surface area contributed by atoms with Crippen LogP contribution in [0.1, 0.15) is 29.5 Å². The molecule has 0 amide bonds. The molecule has 1 N–H and O–H groups in total. The Morgan fingerprint density at radius 1 is 1.18 bits per heavy atom. The zero-order valence-electron chi connectivity index (χ0n) is 18.4. The van der Waals surface area contributed by atoms with E-state index in [4.69, 9.17) is 4.74 Å². The van der Waals surface area contributed by atoms with Gasteiger partial charge in [-0.1, -0.05) is 18.2 Å². The Kier molecular flexibility index (Phi) is 5.77. The van der Waals surface area contributed by atoms with E-state index < -0.39 is 10.0 Å². The number of hydrogen-bond acceptors (Lipinski definition) is 7. The van der Waals surface area contributed by atoms with E-state index >= 15 is 0 Å². The number of pyridine rings is 1. The average molecular weight is 485 g/mol. The molecule has 2 aromatic heterocycles. The summed E-state index contributed by atoms with van der Waals surface area (Å²) in [6, 6.07) is 11.1. The third kappa shape index (κ3) is 4.19. The second kappa shape index (κ2) is 8.60. The lowest BCUT2D eigenvalue weighted by molar-refractivity contribution is 0.0925. The molecule has 0 saturated carbocycles. The molecule has 5 rings (SSSR count). The molecule has 1 aliphatic rings. The van der Waals surface area contributed by atoms with Crippen molar-refractivity contribution in [3.63, 3.8) is 0 Å². The van der Waals surface area contributed by atoms with Crippen LogP contribution in [0.3, 0.4) is 0 Å². The van der Waals surface area contributed by atoms with Crippen molar-refractivity contribution >= 4 is 43.7 Å². The molecule has 2 aromatic carbocycles. The predicted molar refractivity (Wildman–Crippen MR) is 128 cm³/mol. The first-order valence-corrected chi connectivity index (χ1v) is 13.0. The second-order valence-corrected chi connectivity index (χ2v) is 10.9. The summed E-state index contributed by atoms with van der Waals surface area (Å²) in [5, 5.41) is 0.853. The van der Waals surface area contributed by atoms with Gasteiger partial charge in [-0.05, 0) is 61.4 Å². The maximum Gasteiger partial charge on any atom is 0.252 e. The van der Waals surface area contributed by atoms with Crippen LogP contribution >= 0.6 is 11.7 Å². The Balaban J connectivity index is 1.60. The topological polar surface area (TPSA) is 105 Å². The van der Waals surface area contributed by atoms with Gasteiger partial charge in [-0.15, -0.1) is 0 Å². The molecule has 1 aliphatic heterocycles. The largest absolute Gasteiger partial charge is 0.377 e. The van der Waals surface area contributed by atoms with E-state index in [1.165, 1.54) is 4.31 Å². The highest BCUT2D eigenvalue weighted by molar-refractivity contribution is 7.89. The highest BCUT2D eigenvalue weighted by Crippen LogP contribution is 2.30. The van der Waals surface area contributed by atoms with Crippen LogP contribution in [0.15, 0.2) is 46.1 Å². The number of ether oxygens (including phenoxy) is 1. The van der Waals surface area contributed by atoms with E-state index in [2.05, 4.69) is 13.7 Å².